The van der Waals surface area contributed by atoms with Gasteiger partial charge in [-0.15, -0.1) is 0 Å². The summed E-state index contributed by atoms with van der Waals surface area (Å²) in [5.74, 6) is 0. The molecule has 2 nitrogen and oxygen atoms in total. The summed E-state index contributed by atoms with van der Waals surface area (Å²) >= 11 is 5.76. The van der Waals surface area contributed by atoms with Crippen molar-refractivity contribution < 1.29 is 0 Å². The fourth-order valence-corrected chi connectivity index (χ4v) is 1.77. The van der Waals surface area contributed by atoms with E-state index < -0.39 is 0 Å². The molecule has 15 heavy (non-hydrogen) atoms. The average molecular weight is 217 g/mol. The molecule has 1 heterocycles. The molecule has 0 unspecified atom stereocenters. The Labute approximate surface area is 93.0 Å². The van der Waals surface area contributed by atoms with Crippen molar-refractivity contribution in [2.45, 2.75) is 6.54 Å². The largest absolute Gasteiger partial charge is 0.342 e. The third kappa shape index (κ3) is 1.74. The first-order chi connectivity index (χ1) is 7.22. The molecule has 3 heteroatoms. The minimum Gasteiger partial charge on any atom is -0.342 e. The molecule has 1 aromatic heterocycles. The number of benzene rings is 1. The molecule has 2 rings (SSSR count). The lowest BCUT2D eigenvalue weighted by atomic mass is 10.1. The van der Waals surface area contributed by atoms with Crippen LogP contribution in [-0.2, 0) is 6.54 Å². The molecule has 0 spiro atoms. The Bertz CT molecular complexity index is 560. The minimum atomic E-state index is 0.569. The lowest BCUT2D eigenvalue weighted by Gasteiger charge is -2.03. The number of nitriles is 1. The molecule has 0 bridgehead atoms. The van der Waals surface area contributed by atoms with Crippen LogP contribution in [0.25, 0.3) is 10.9 Å². The topological polar surface area (TPSA) is 28.7 Å². The van der Waals surface area contributed by atoms with Gasteiger partial charge in [-0.3, -0.25) is 0 Å². The summed E-state index contributed by atoms with van der Waals surface area (Å²) in [4.78, 5) is 0. The van der Waals surface area contributed by atoms with Crippen LogP contribution in [0.4, 0.5) is 0 Å². The molecule has 1 aromatic carbocycles. The van der Waals surface area contributed by atoms with E-state index in [0.717, 1.165) is 10.9 Å². The Morgan fingerprint density at radius 2 is 2.27 bits per heavy atom. The van der Waals surface area contributed by atoms with Crippen LogP contribution in [0.1, 0.15) is 5.56 Å². The molecule has 0 N–H and O–H groups in total. The number of fused-ring (bicyclic) bond motifs is 1. The van der Waals surface area contributed by atoms with Gasteiger partial charge in [-0.05, 0) is 18.2 Å². The van der Waals surface area contributed by atoms with E-state index in [1.165, 1.54) is 0 Å². The molecule has 0 saturated heterocycles. The van der Waals surface area contributed by atoms with Gasteiger partial charge >= 0.3 is 0 Å². The van der Waals surface area contributed by atoms with Crippen LogP contribution in [0.15, 0.2) is 42.1 Å². The van der Waals surface area contributed by atoms with E-state index in [4.69, 9.17) is 16.9 Å². The quantitative estimate of drug-likeness (QED) is 0.758. The van der Waals surface area contributed by atoms with Crippen LogP contribution < -0.4 is 0 Å². The monoisotopic (exact) mass is 216 g/mol. The first kappa shape index (κ1) is 9.82. The van der Waals surface area contributed by atoms with E-state index in [1.807, 2.05) is 35.0 Å². The van der Waals surface area contributed by atoms with Gasteiger partial charge < -0.3 is 4.57 Å². The zero-order chi connectivity index (χ0) is 10.8. The zero-order valence-electron chi connectivity index (χ0n) is 8.07. The van der Waals surface area contributed by atoms with Crippen LogP contribution >= 0.6 is 11.6 Å². The second-order valence-corrected chi connectivity index (χ2v) is 3.85. The molecule has 0 amide bonds. The SMILES string of the molecule is C=C(Cl)Cn1ccc2c(C#N)cccc21. The molecule has 0 fully saturated rings. The maximum Gasteiger partial charge on any atom is 0.0998 e. The van der Waals surface area contributed by atoms with Gasteiger partial charge in [0.05, 0.1) is 18.2 Å². The van der Waals surface area contributed by atoms with Gasteiger partial charge in [0.1, 0.15) is 0 Å². The number of nitrogens with zero attached hydrogens (tertiary/aromatic N) is 2. The zero-order valence-corrected chi connectivity index (χ0v) is 8.83. The normalized spacial score (nSPS) is 10.1. The lowest BCUT2D eigenvalue weighted by Crippen LogP contribution is -1.94. The molecule has 0 aliphatic rings. The van der Waals surface area contributed by atoms with Gasteiger partial charge in [-0.25, -0.2) is 0 Å². The molecule has 0 aliphatic carbocycles. The molecule has 0 saturated carbocycles. The number of aromatic nitrogens is 1. The maximum atomic E-state index is 8.92. The summed E-state index contributed by atoms with van der Waals surface area (Å²) < 4.78 is 1.98. The standard InChI is InChI=1S/C12H9ClN2/c1-9(13)8-15-6-5-11-10(7-14)3-2-4-12(11)15/h2-6H,1,8H2. The van der Waals surface area contributed by atoms with Crippen molar-refractivity contribution in [2.75, 3.05) is 0 Å². The van der Waals surface area contributed by atoms with Gasteiger partial charge in [-0.2, -0.15) is 5.26 Å². The molecular weight excluding hydrogens is 208 g/mol. The number of hydrogen-bond acceptors (Lipinski definition) is 1. The number of rotatable bonds is 2. The van der Waals surface area contributed by atoms with E-state index in [9.17, 15) is 0 Å². The van der Waals surface area contributed by atoms with Crippen LogP contribution in [-0.4, -0.2) is 4.57 Å². The molecule has 0 radical (unpaired) electrons. The third-order valence-electron chi connectivity index (χ3n) is 2.28. The van der Waals surface area contributed by atoms with Crippen LogP contribution in [0.2, 0.25) is 0 Å². The minimum absolute atomic E-state index is 0.569. The second-order valence-electron chi connectivity index (χ2n) is 3.31. The molecule has 0 aliphatic heterocycles. The Morgan fingerprint density at radius 1 is 1.47 bits per heavy atom. The summed E-state index contributed by atoms with van der Waals surface area (Å²) in [5, 5.41) is 10.5. The average Bonchev–Trinajstić information content (AvgIpc) is 2.61. The third-order valence-corrected chi connectivity index (χ3v) is 2.40. The smallest absolute Gasteiger partial charge is 0.0998 e. The van der Waals surface area contributed by atoms with E-state index in [2.05, 4.69) is 12.6 Å². The predicted octanol–water partition coefficient (Wildman–Crippen LogP) is 3.27. The summed E-state index contributed by atoms with van der Waals surface area (Å²) in [6.07, 6.45) is 1.92. The fraction of sp³-hybridized carbons (Fsp3) is 0.0833. The van der Waals surface area contributed by atoms with E-state index >= 15 is 0 Å². The maximum absolute atomic E-state index is 8.92. The number of halogens is 1. The number of hydrogen-bond donors (Lipinski definition) is 0. The highest BCUT2D eigenvalue weighted by Crippen LogP contribution is 2.20. The summed E-state index contributed by atoms with van der Waals surface area (Å²) in [7, 11) is 0. The first-order valence-corrected chi connectivity index (χ1v) is 4.91. The summed E-state index contributed by atoms with van der Waals surface area (Å²) in [5.41, 5.74) is 1.70. The Kier molecular flexibility index (Phi) is 2.49. The molecule has 74 valence electrons. The van der Waals surface area contributed by atoms with Crippen LogP contribution in [0.5, 0.6) is 0 Å². The van der Waals surface area contributed by atoms with E-state index in [-0.39, 0.29) is 0 Å². The Morgan fingerprint density at radius 3 is 2.93 bits per heavy atom. The van der Waals surface area contributed by atoms with Crippen molar-refractivity contribution in [1.29, 1.82) is 5.26 Å². The summed E-state index contributed by atoms with van der Waals surface area (Å²) in [6.45, 7) is 4.23. The van der Waals surface area contributed by atoms with Crippen molar-refractivity contribution in [3.63, 3.8) is 0 Å². The van der Waals surface area contributed by atoms with Gasteiger partial charge in [-0.1, -0.05) is 24.2 Å². The first-order valence-electron chi connectivity index (χ1n) is 4.53. The van der Waals surface area contributed by atoms with Gasteiger partial charge in [0, 0.05) is 22.1 Å². The highest BCUT2D eigenvalue weighted by Gasteiger charge is 2.04. The summed E-state index contributed by atoms with van der Waals surface area (Å²) in [6, 6.07) is 9.74. The molecule has 2 aromatic rings. The van der Waals surface area contributed by atoms with E-state index in [0.29, 0.717) is 17.1 Å². The second kappa shape index (κ2) is 3.80. The Hall–Kier alpha value is -1.72. The highest BCUT2D eigenvalue weighted by atomic mass is 35.5. The van der Waals surface area contributed by atoms with Crippen LogP contribution in [0, 0.1) is 11.3 Å². The van der Waals surface area contributed by atoms with Gasteiger partial charge in [0.15, 0.2) is 0 Å². The Balaban J connectivity index is 2.62. The van der Waals surface area contributed by atoms with Gasteiger partial charge in [0.2, 0.25) is 0 Å². The van der Waals surface area contributed by atoms with Crippen molar-refractivity contribution in [2.24, 2.45) is 0 Å². The molecular formula is C12H9ClN2. The van der Waals surface area contributed by atoms with Crippen molar-refractivity contribution >= 4 is 22.5 Å². The van der Waals surface area contributed by atoms with Crippen molar-refractivity contribution in [3.8, 4) is 6.07 Å². The van der Waals surface area contributed by atoms with E-state index in [1.54, 1.807) is 0 Å². The van der Waals surface area contributed by atoms with Crippen LogP contribution in [0.3, 0.4) is 0 Å². The fourth-order valence-electron chi connectivity index (χ4n) is 1.64. The predicted molar refractivity (Wildman–Crippen MR) is 61.6 cm³/mol. The van der Waals surface area contributed by atoms with Crippen molar-refractivity contribution in [3.05, 3.63) is 47.6 Å². The molecule has 0 atom stereocenters. The number of allylic oxidation sites excluding steroid dienone is 1. The van der Waals surface area contributed by atoms with Gasteiger partial charge in [0.25, 0.3) is 0 Å². The van der Waals surface area contributed by atoms with Crippen molar-refractivity contribution in [1.82, 2.24) is 4.57 Å². The lowest BCUT2D eigenvalue weighted by molar-refractivity contribution is 0.853. The highest BCUT2D eigenvalue weighted by molar-refractivity contribution is 6.29.